The summed E-state index contributed by atoms with van der Waals surface area (Å²) in [6.45, 7) is 4.95. The first-order valence-electron chi connectivity index (χ1n) is 8.04. The molecule has 1 heterocycles. The summed E-state index contributed by atoms with van der Waals surface area (Å²) in [4.78, 5) is 13.6. The fraction of sp³-hybridized carbons (Fsp3) is 0.588. The molecule has 0 unspecified atom stereocenters. The van der Waals surface area contributed by atoms with Gasteiger partial charge in [0, 0.05) is 31.2 Å². The van der Waals surface area contributed by atoms with Gasteiger partial charge in [0.1, 0.15) is 0 Å². The van der Waals surface area contributed by atoms with Crippen molar-refractivity contribution in [3.05, 3.63) is 29.8 Å². The highest BCUT2D eigenvalue weighted by Gasteiger charge is 2.31. The molecule has 1 saturated heterocycles. The van der Waals surface area contributed by atoms with Crippen molar-refractivity contribution in [2.24, 2.45) is 0 Å². The molecule has 0 radical (unpaired) electrons. The maximum absolute atomic E-state index is 11.0. The lowest BCUT2D eigenvalue weighted by molar-refractivity contribution is -0.114. The summed E-state index contributed by atoms with van der Waals surface area (Å²) in [6.07, 6.45) is 5.36. The molecule has 1 aliphatic heterocycles. The molecule has 4 heteroatoms. The van der Waals surface area contributed by atoms with E-state index in [9.17, 15) is 4.79 Å². The summed E-state index contributed by atoms with van der Waals surface area (Å²) in [5, 5.41) is 6.46. The Morgan fingerprint density at radius 1 is 1.14 bits per heavy atom. The van der Waals surface area contributed by atoms with Gasteiger partial charge in [0.25, 0.3) is 0 Å². The number of nitrogens with zero attached hydrogens (tertiary/aromatic N) is 1. The van der Waals surface area contributed by atoms with Gasteiger partial charge in [-0.1, -0.05) is 12.1 Å². The van der Waals surface area contributed by atoms with Crippen LogP contribution in [0, 0.1) is 0 Å². The Bertz CT molecular complexity index is 473. The average Bonchev–Trinajstić information content (AvgIpc) is 3.31. The van der Waals surface area contributed by atoms with Crippen LogP contribution in [0.25, 0.3) is 0 Å². The Hall–Kier alpha value is -1.39. The third-order valence-corrected chi connectivity index (χ3v) is 4.46. The van der Waals surface area contributed by atoms with Crippen molar-refractivity contribution in [1.29, 1.82) is 0 Å². The molecule has 1 aliphatic carbocycles. The van der Waals surface area contributed by atoms with E-state index in [2.05, 4.69) is 27.7 Å². The van der Waals surface area contributed by atoms with Crippen LogP contribution in [0.15, 0.2) is 24.3 Å². The lowest BCUT2D eigenvalue weighted by Gasteiger charge is -2.32. The predicted octanol–water partition coefficient (Wildman–Crippen LogP) is 2.36. The van der Waals surface area contributed by atoms with Gasteiger partial charge in [0.15, 0.2) is 0 Å². The van der Waals surface area contributed by atoms with Crippen molar-refractivity contribution in [2.75, 3.05) is 18.4 Å². The highest BCUT2D eigenvalue weighted by atomic mass is 16.1. The first-order valence-corrected chi connectivity index (χ1v) is 8.04. The van der Waals surface area contributed by atoms with Crippen LogP contribution >= 0.6 is 0 Å². The van der Waals surface area contributed by atoms with E-state index in [4.69, 9.17) is 0 Å². The Morgan fingerprint density at radius 3 is 2.38 bits per heavy atom. The second-order valence-electron chi connectivity index (χ2n) is 6.30. The SMILES string of the molecule is CC(=O)Nc1ccc(CNC2CCN(C3CC3)CC2)cc1. The first kappa shape index (κ1) is 14.5. The lowest BCUT2D eigenvalue weighted by Crippen LogP contribution is -2.43. The fourth-order valence-corrected chi connectivity index (χ4v) is 3.08. The summed E-state index contributed by atoms with van der Waals surface area (Å²) < 4.78 is 0. The molecule has 2 fully saturated rings. The Kier molecular flexibility index (Phi) is 4.56. The minimum absolute atomic E-state index is 0.0247. The van der Waals surface area contributed by atoms with Gasteiger partial charge in [-0.15, -0.1) is 0 Å². The number of carbonyl (C=O) groups is 1. The number of amides is 1. The van der Waals surface area contributed by atoms with Crippen molar-refractivity contribution in [1.82, 2.24) is 10.2 Å². The molecule has 3 rings (SSSR count). The first-order chi connectivity index (χ1) is 10.2. The van der Waals surface area contributed by atoms with Crippen molar-refractivity contribution >= 4 is 11.6 Å². The highest BCUT2D eigenvalue weighted by molar-refractivity contribution is 5.88. The third kappa shape index (κ3) is 4.29. The van der Waals surface area contributed by atoms with Crippen molar-refractivity contribution in [3.63, 3.8) is 0 Å². The minimum Gasteiger partial charge on any atom is -0.326 e. The smallest absolute Gasteiger partial charge is 0.221 e. The molecule has 4 nitrogen and oxygen atoms in total. The molecule has 1 aromatic carbocycles. The minimum atomic E-state index is -0.0247. The maximum atomic E-state index is 11.0. The number of hydrogen-bond acceptors (Lipinski definition) is 3. The van der Waals surface area contributed by atoms with Gasteiger partial charge in [-0.2, -0.15) is 0 Å². The van der Waals surface area contributed by atoms with Crippen LogP contribution in [-0.4, -0.2) is 36.0 Å². The number of likely N-dealkylation sites (tertiary alicyclic amines) is 1. The van der Waals surface area contributed by atoms with E-state index in [0.29, 0.717) is 6.04 Å². The monoisotopic (exact) mass is 287 g/mol. The van der Waals surface area contributed by atoms with Crippen LogP contribution < -0.4 is 10.6 Å². The zero-order chi connectivity index (χ0) is 14.7. The van der Waals surface area contributed by atoms with Gasteiger partial charge in [-0.05, 0) is 56.5 Å². The topological polar surface area (TPSA) is 44.4 Å². The molecule has 0 atom stereocenters. The van der Waals surface area contributed by atoms with Crippen molar-refractivity contribution < 1.29 is 4.79 Å². The quantitative estimate of drug-likeness (QED) is 0.874. The molecule has 1 amide bonds. The summed E-state index contributed by atoms with van der Waals surface area (Å²) in [7, 11) is 0. The van der Waals surface area contributed by atoms with Gasteiger partial charge < -0.3 is 15.5 Å². The normalized spacial score (nSPS) is 20.4. The van der Waals surface area contributed by atoms with Crippen LogP contribution in [0.3, 0.4) is 0 Å². The molecule has 0 aromatic heterocycles. The number of benzene rings is 1. The van der Waals surface area contributed by atoms with Crippen LogP contribution in [0.4, 0.5) is 5.69 Å². The summed E-state index contributed by atoms with van der Waals surface area (Å²) >= 11 is 0. The number of carbonyl (C=O) groups excluding carboxylic acids is 1. The number of anilines is 1. The molecule has 2 aliphatic rings. The van der Waals surface area contributed by atoms with E-state index in [1.54, 1.807) is 0 Å². The number of rotatable bonds is 5. The van der Waals surface area contributed by atoms with Crippen LogP contribution in [-0.2, 0) is 11.3 Å². The number of piperidine rings is 1. The van der Waals surface area contributed by atoms with Gasteiger partial charge in [-0.3, -0.25) is 4.79 Å². The molecule has 21 heavy (non-hydrogen) atoms. The van der Waals surface area contributed by atoms with Crippen molar-refractivity contribution in [2.45, 2.75) is 51.2 Å². The second-order valence-corrected chi connectivity index (χ2v) is 6.30. The third-order valence-electron chi connectivity index (χ3n) is 4.46. The summed E-state index contributed by atoms with van der Waals surface area (Å²) in [6, 6.07) is 9.65. The van der Waals surface area contributed by atoms with E-state index in [1.807, 2.05) is 12.1 Å². The van der Waals surface area contributed by atoms with Gasteiger partial charge >= 0.3 is 0 Å². The van der Waals surface area contributed by atoms with E-state index < -0.39 is 0 Å². The van der Waals surface area contributed by atoms with E-state index >= 15 is 0 Å². The van der Waals surface area contributed by atoms with Gasteiger partial charge in [-0.25, -0.2) is 0 Å². The lowest BCUT2D eigenvalue weighted by atomic mass is 10.0. The van der Waals surface area contributed by atoms with Crippen LogP contribution in [0.1, 0.15) is 38.2 Å². The van der Waals surface area contributed by atoms with Gasteiger partial charge in [0.2, 0.25) is 5.91 Å². The Labute approximate surface area is 126 Å². The molecule has 114 valence electrons. The fourth-order valence-electron chi connectivity index (χ4n) is 3.08. The predicted molar refractivity (Wildman–Crippen MR) is 85.2 cm³/mol. The molecule has 2 N–H and O–H groups in total. The number of hydrogen-bond donors (Lipinski definition) is 2. The van der Waals surface area contributed by atoms with Crippen molar-refractivity contribution in [3.8, 4) is 0 Å². The highest BCUT2D eigenvalue weighted by Crippen LogP contribution is 2.29. The Morgan fingerprint density at radius 2 is 1.81 bits per heavy atom. The van der Waals surface area contributed by atoms with Crippen LogP contribution in [0.5, 0.6) is 0 Å². The van der Waals surface area contributed by atoms with E-state index in [-0.39, 0.29) is 5.91 Å². The second kappa shape index (κ2) is 6.58. The number of nitrogens with one attached hydrogen (secondary N) is 2. The largest absolute Gasteiger partial charge is 0.326 e. The van der Waals surface area contributed by atoms with E-state index in [0.717, 1.165) is 18.3 Å². The standard InChI is InChI=1S/C17H25N3O/c1-13(21)19-16-4-2-14(3-5-16)12-18-15-8-10-20(11-9-15)17-6-7-17/h2-5,15,17-18H,6-12H2,1H3,(H,19,21). The molecular formula is C17H25N3O. The summed E-state index contributed by atoms with van der Waals surface area (Å²) in [5.74, 6) is -0.0247. The molecular weight excluding hydrogens is 262 g/mol. The molecule has 0 bridgehead atoms. The van der Waals surface area contributed by atoms with Crippen LogP contribution in [0.2, 0.25) is 0 Å². The van der Waals surface area contributed by atoms with E-state index in [1.165, 1.54) is 51.3 Å². The Balaban J connectivity index is 1.41. The summed E-state index contributed by atoms with van der Waals surface area (Å²) in [5.41, 5.74) is 2.14. The van der Waals surface area contributed by atoms with Gasteiger partial charge in [0.05, 0.1) is 0 Å². The molecule has 1 aromatic rings. The molecule has 1 saturated carbocycles. The molecule has 0 spiro atoms. The zero-order valence-corrected chi connectivity index (χ0v) is 12.8. The zero-order valence-electron chi connectivity index (χ0n) is 12.8. The average molecular weight is 287 g/mol. The maximum Gasteiger partial charge on any atom is 0.221 e.